The maximum Gasteiger partial charge on any atom is 0.123 e. The molecule has 150 valence electrons. The Morgan fingerprint density at radius 3 is 2.04 bits per heavy atom. The quantitative estimate of drug-likeness (QED) is 0.583. The number of allylic oxidation sites excluding steroid dienone is 2. The van der Waals surface area contributed by atoms with Gasteiger partial charge in [0, 0.05) is 11.5 Å². The number of hydrogen-bond donors (Lipinski definition) is 2. The standard InChI is InChI=1S/C26H34O2/c1-15(2)21-5-4-16(3)6-22(21)25-23(27)10-20(11-24(25)28)26-12-17-7-18(13-26)9-19(8-17)14-26/h10-11,17-19,21-22,27-28H,1,3-9,12-14H2,2H3. The van der Waals surface area contributed by atoms with Crippen molar-refractivity contribution >= 4 is 0 Å². The molecule has 4 bridgehead atoms. The zero-order chi connectivity index (χ0) is 19.6. The summed E-state index contributed by atoms with van der Waals surface area (Å²) in [7, 11) is 0. The molecule has 0 amide bonds. The van der Waals surface area contributed by atoms with Gasteiger partial charge in [-0.2, -0.15) is 0 Å². The van der Waals surface area contributed by atoms with E-state index in [1.54, 1.807) is 0 Å². The molecule has 2 heteroatoms. The fourth-order valence-electron chi connectivity index (χ4n) is 7.78. The van der Waals surface area contributed by atoms with Gasteiger partial charge >= 0.3 is 0 Å². The van der Waals surface area contributed by atoms with Crippen LogP contribution in [0.5, 0.6) is 11.5 Å². The van der Waals surface area contributed by atoms with Gasteiger partial charge in [-0.05, 0) is 111 Å². The lowest BCUT2D eigenvalue weighted by Gasteiger charge is -2.57. The molecule has 2 atom stereocenters. The van der Waals surface area contributed by atoms with Crippen LogP contribution in [0.2, 0.25) is 0 Å². The first kappa shape index (κ1) is 18.3. The van der Waals surface area contributed by atoms with Crippen LogP contribution < -0.4 is 0 Å². The van der Waals surface area contributed by atoms with E-state index in [-0.39, 0.29) is 22.8 Å². The highest BCUT2D eigenvalue weighted by atomic mass is 16.3. The molecule has 5 aliphatic rings. The Hall–Kier alpha value is -1.70. The van der Waals surface area contributed by atoms with Gasteiger partial charge in [0.2, 0.25) is 0 Å². The Kier molecular flexibility index (Phi) is 4.19. The number of aromatic hydroxyl groups is 2. The lowest BCUT2D eigenvalue weighted by Crippen LogP contribution is -2.48. The molecular formula is C26H34O2. The number of phenolic OH excluding ortho intramolecular Hbond substituents is 2. The van der Waals surface area contributed by atoms with E-state index in [1.165, 1.54) is 49.7 Å². The molecule has 0 aromatic heterocycles. The highest BCUT2D eigenvalue weighted by Crippen LogP contribution is 2.61. The number of hydrogen-bond acceptors (Lipinski definition) is 2. The molecule has 5 saturated carbocycles. The van der Waals surface area contributed by atoms with Gasteiger partial charge in [0.25, 0.3) is 0 Å². The zero-order valence-electron chi connectivity index (χ0n) is 17.2. The third-order valence-corrected chi connectivity index (χ3v) is 8.59. The molecule has 28 heavy (non-hydrogen) atoms. The average Bonchev–Trinajstić information content (AvgIpc) is 2.59. The van der Waals surface area contributed by atoms with Crippen molar-refractivity contribution in [3.05, 3.63) is 47.6 Å². The van der Waals surface area contributed by atoms with Crippen LogP contribution in [0, 0.1) is 23.7 Å². The molecule has 0 spiro atoms. The van der Waals surface area contributed by atoms with Gasteiger partial charge < -0.3 is 10.2 Å². The fraction of sp³-hybridized carbons (Fsp3) is 0.615. The number of rotatable bonds is 3. The van der Waals surface area contributed by atoms with Crippen LogP contribution >= 0.6 is 0 Å². The maximum atomic E-state index is 11.1. The Bertz CT molecular complexity index is 775. The SMILES string of the molecule is C=C1CCC(C(=C)C)C(c2c(O)cc(C34CC5CC(CC(C5)C3)C4)cc2O)C1. The first-order chi connectivity index (χ1) is 13.3. The molecule has 2 unspecified atom stereocenters. The van der Waals surface area contributed by atoms with Crippen LogP contribution in [0.4, 0.5) is 0 Å². The summed E-state index contributed by atoms with van der Waals surface area (Å²) in [5.74, 6) is 3.52. The number of phenols is 2. The van der Waals surface area contributed by atoms with Crippen LogP contribution in [-0.4, -0.2) is 10.2 Å². The van der Waals surface area contributed by atoms with E-state index in [1.807, 2.05) is 12.1 Å². The van der Waals surface area contributed by atoms with Crippen molar-refractivity contribution in [2.75, 3.05) is 0 Å². The first-order valence-electron chi connectivity index (χ1n) is 11.2. The third kappa shape index (κ3) is 2.83. The predicted octanol–water partition coefficient (Wildman–Crippen LogP) is 6.58. The summed E-state index contributed by atoms with van der Waals surface area (Å²) >= 11 is 0. The molecular weight excluding hydrogens is 344 g/mol. The van der Waals surface area contributed by atoms with E-state index in [0.717, 1.165) is 48.2 Å². The van der Waals surface area contributed by atoms with Crippen LogP contribution in [-0.2, 0) is 5.41 Å². The third-order valence-electron chi connectivity index (χ3n) is 8.59. The highest BCUT2D eigenvalue weighted by molar-refractivity contribution is 5.52. The molecule has 0 radical (unpaired) electrons. The molecule has 5 aliphatic carbocycles. The van der Waals surface area contributed by atoms with Crippen molar-refractivity contribution in [3.63, 3.8) is 0 Å². The Labute approximate surface area is 169 Å². The minimum absolute atomic E-state index is 0.0872. The summed E-state index contributed by atoms with van der Waals surface area (Å²) < 4.78 is 0. The molecule has 0 saturated heterocycles. The molecule has 6 rings (SSSR count). The maximum absolute atomic E-state index is 11.1. The monoisotopic (exact) mass is 378 g/mol. The molecule has 2 N–H and O–H groups in total. The van der Waals surface area contributed by atoms with Gasteiger partial charge in [0.1, 0.15) is 11.5 Å². The van der Waals surface area contributed by atoms with Crippen molar-refractivity contribution in [2.45, 2.75) is 76.0 Å². The van der Waals surface area contributed by atoms with E-state index in [0.29, 0.717) is 5.92 Å². The van der Waals surface area contributed by atoms with Crippen LogP contribution in [0.25, 0.3) is 0 Å². The molecule has 1 aromatic carbocycles. The molecule has 5 fully saturated rings. The highest BCUT2D eigenvalue weighted by Gasteiger charge is 2.52. The summed E-state index contributed by atoms with van der Waals surface area (Å²) in [6, 6.07) is 4.02. The second kappa shape index (κ2) is 6.40. The van der Waals surface area contributed by atoms with Gasteiger partial charge in [0.05, 0.1) is 0 Å². The first-order valence-corrected chi connectivity index (χ1v) is 11.2. The minimum atomic E-state index is 0.0872. The van der Waals surface area contributed by atoms with E-state index < -0.39 is 0 Å². The number of benzene rings is 1. The van der Waals surface area contributed by atoms with E-state index in [2.05, 4.69) is 20.1 Å². The van der Waals surface area contributed by atoms with Gasteiger partial charge in [-0.25, -0.2) is 0 Å². The van der Waals surface area contributed by atoms with Gasteiger partial charge in [-0.15, -0.1) is 0 Å². The second-order valence-electron chi connectivity index (χ2n) is 10.7. The second-order valence-corrected chi connectivity index (χ2v) is 10.7. The summed E-state index contributed by atoms with van der Waals surface area (Å²) in [6.45, 7) is 10.5. The summed E-state index contributed by atoms with van der Waals surface area (Å²) in [4.78, 5) is 0. The summed E-state index contributed by atoms with van der Waals surface area (Å²) in [5.41, 5.74) is 4.45. The van der Waals surface area contributed by atoms with Crippen molar-refractivity contribution in [2.24, 2.45) is 23.7 Å². The zero-order valence-corrected chi connectivity index (χ0v) is 17.2. The van der Waals surface area contributed by atoms with Crippen molar-refractivity contribution in [3.8, 4) is 11.5 Å². The van der Waals surface area contributed by atoms with E-state index in [4.69, 9.17) is 0 Å². The Morgan fingerprint density at radius 2 is 1.54 bits per heavy atom. The molecule has 1 aromatic rings. The Morgan fingerprint density at radius 1 is 1.00 bits per heavy atom. The predicted molar refractivity (Wildman–Crippen MR) is 114 cm³/mol. The van der Waals surface area contributed by atoms with Gasteiger partial charge in [-0.1, -0.05) is 24.3 Å². The smallest absolute Gasteiger partial charge is 0.123 e. The van der Waals surface area contributed by atoms with E-state index in [9.17, 15) is 10.2 Å². The molecule has 0 aliphatic heterocycles. The van der Waals surface area contributed by atoms with E-state index >= 15 is 0 Å². The molecule has 0 heterocycles. The normalized spacial score (nSPS) is 39.3. The lowest BCUT2D eigenvalue weighted by atomic mass is 9.48. The van der Waals surface area contributed by atoms with Crippen molar-refractivity contribution < 1.29 is 10.2 Å². The minimum Gasteiger partial charge on any atom is -0.508 e. The fourth-order valence-corrected chi connectivity index (χ4v) is 7.78. The summed E-state index contributed by atoms with van der Waals surface area (Å²) in [6.07, 6.45) is 10.8. The van der Waals surface area contributed by atoms with Gasteiger partial charge in [0.15, 0.2) is 0 Å². The molecule has 2 nitrogen and oxygen atoms in total. The Balaban J connectivity index is 1.53. The average molecular weight is 379 g/mol. The van der Waals surface area contributed by atoms with Crippen molar-refractivity contribution in [1.82, 2.24) is 0 Å². The summed E-state index contributed by atoms with van der Waals surface area (Å²) in [5, 5.41) is 22.2. The van der Waals surface area contributed by atoms with Crippen LogP contribution in [0.1, 0.15) is 81.8 Å². The van der Waals surface area contributed by atoms with Crippen molar-refractivity contribution in [1.29, 1.82) is 0 Å². The topological polar surface area (TPSA) is 40.5 Å². The van der Waals surface area contributed by atoms with Crippen LogP contribution in [0.15, 0.2) is 36.4 Å². The lowest BCUT2D eigenvalue weighted by molar-refractivity contribution is -0.00537. The van der Waals surface area contributed by atoms with Crippen LogP contribution in [0.3, 0.4) is 0 Å². The largest absolute Gasteiger partial charge is 0.508 e. The van der Waals surface area contributed by atoms with Gasteiger partial charge in [-0.3, -0.25) is 0 Å².